The van der Waals surface area contributed by atoms with Gasteiger partial charge in [0.2, 0.25) is 5.91 Å². The first-order valence-corrected chi connectivity index (χ1v) is 6.26. The number of carbonyl (C=O) groups is 1. The van der Waals surface area contributed by atoms with Crippen molar-refractivity contribution in [2.45, 2.75) is 13.3 Å². The molecule has 1 amide bonds. The number of nitrogens with zero attached hydrogens (tertiary/aromatic N) is 2. The van der Waals surface area contributed by atoms with Crippen LogP contribution < -0.4 is 10.6 Å². The molecule has 0 fully saturated rings. The Morgan fingerprint density at radius 1 is 1.21 bits per heavy atom. The molecule has 4 heteroatoms. The number of nitrogen functional groups attached to an aromatic ring is 1. The van der Waals surface area contributed by atoms with Crippen molar-refractivity contribution in [3.8, 4) is 0 Å². The van der Waals surface area contributed by atoms with Gasteiger partial charge in [0.1, 0.15) is 0 Å². The normalized spacial score (nSPS) is 10.2. The Morgan fingerprint density at radius 3 is 2.53 bits per heavy atom. The maximum absolute atomic E-state index is 12.3. The summed E-state index contributed by atoms with van der Waals surface area (Å²) in [4.78, 5) is 18.0. The molecule has 0 atom stereocenters. The Kier molecular flexibility index (Phi) is 4.13. The zero-order chi connectivity index (χ0) is 13.7. The lowest BCUT2D eigenvalue weighted by atomic mass is 10.1. The van der Waals surface area contributed by atoms with Crippen LogP contribution in [0.2, 0.25) is 0 Å². The van der Waals surface area contributed by atoms with E-state index in [1.54, 1.807) is 17.3 Å². The molecule has 0 radical (unpaired) electrons. The third-order valence-electron chi connectivity index (χ3n) is 2.99. The molecule has 0 aliphatic carbocycles. The summed E-state index contributed by atoms with van der Waals surface area (Å²) in [6.45, 7) is 2.57. The van der Waals surface area contributed by atoms with E-state index in [4.69, 9.17) is 5.73 Å². The molecule has 0 aliphatic heterocycles. The second-order valence-corrected chi connectivity index (χ2v) is 4.22. The fourth-order valence-electron chi connectivity index (χ4n) is 1.98. The van der Waals surface area contributed by atoms with Crippen LogP contribution >= 0.6 is 0 Å². The molecule has 0 saturated heterocycles. The third kappa shape index (κ3) is 3.10. The fourth-order valence-corrected chi connectivity index (χ4v) is 1.98. The van der Waals surface area contributed by atoms with Crippen LogP contribution in [-0.4, -0.2) is 17.4 Å². The van der Waals surface area contributed by atoms with Crippen LogP contribution in [0.1, 0.15) is 12.5 Å². The van der Waals surface area contributed by atoms with Gasteiger partial charge < -0.3 is 10.6 Å². The van der Waals surface area contributed by atoms with Crippen molar-refractivity contribution in [3.05, 3.63) is 54.4 Å². The summed E-state index contributed by atoms with van der Waals surface area (Å²) in [5, 5.41) is 0. The number of amides is 1. The third-order valence-corrected chi connectivity index (χ3v) is 2.99. The molecule has 19 heavy (non-hydrogen) atoms. The van der Waals surface area contributed by atoms with E-state index in [9.17, 15) is 4.79 Å². The average Bonchev–Trinajstić information content (AvgIpc) is 2.43. The maximum atomic E-state index is 12.3. The van der Waals surface area contributed by atoms with Crippen molar-refractivity contribution in [2.75, 3.05) is 17.2 Å². The predicted octanol–water partition coefficient (Wildman–Crippen LogP) is 2.26. The molecule has 0 spiro atoms. The number of benzene rings is 1. The number of nitrogens with two attached hydrogens (primary N) is 1. The van der Waals surface area contributed by atoms with E-state index in [0.717, 1.165) is 11.3 Å². The zero-order valence-electron chi connectivity index (χ0n) is 10.9. The Hall–Kier alpha value is -2.36. The number of aromatic nitrogens is 1. The van der Waals surface area contributed by atoms with Gasteiger partial charge in [0, 0.05) is 30.3 Å². The van der Waals surface area contributed by atoms with E-state index in [2.05, 4.69) is 4.98 Å². The van der Waals surface area contributed by atoms with Crippen LogP contribution in [0.4, 0.5) is 11.4 Å². The summed E-state index contributed by atoms with van der Waals surface area (Å²) < 4.78 is 0. The average molecular weight is 255 g/mol. The van der Waals surface area contributed by atoms with Crippen molar-refractivity contribution >= 4 is 17.3 Å². The molecule has 0 aliphatic rings. The van der Waals surface area contributed by atoms with Gasteiger partial charge in [0.05, 0.1) is 6.42 Å². The number of hydrogen-bond donors (Lipinski definition) is 1. The highest BCUT2D eigenvalue weighted by atomic mass is 16.2. The molecule has 4 nitrogen and oxygen atoms in total. The topological polar surface area (TPSA) is 59.2 Å². The molecule has 2 N–H and O–H groups in total. The lowest BCUT2D eigenvalue weighted by Gasteiger charge is -2.21. The summed E-state index contributed by atoms with van der Waals surface area (Å²) in [5.41, 5.74) is 8.24. The van der Waals surface area contributed by atoms with E-state index >= 15 is 0 Å². The second kappa shape index (κ2) is 6.00. The zero-order valence-corrected chi connectivity index (χ0v) is 10.9. The SMILES string of the molecule is CCN(C(=O)Cc1ccccc1N)c1ccncc1. The van der Waals surface area contributed by atoms with Gasteiger partial charge in [0.25, 0.3) is 0 Å². The molecule has 1 aromatic heterocycles. The molecule has 2 rings (SSSR count). The number of carbonyl (C=O) groups excluding carboxylic acids is 1. The number of rotatable bonds is 4. The standard InChI is InChI=1S/C15H17N3O/c1-2-18(13-7-9-17-10-8-13)15(19)11-12-5-3-4-6-14(12)16/h3-10H,2,11,16H2,1H3. The van der Waals surface area contributed by atoms with Gasteiger partial charge >= 0.3 is 0 Å². The summed E-state index contributed by atoms with van der Waals surface area (Å²) in [7, 11) is 0. The number of anilines is 2. The highest BCUT2D eigenvalue weighted by Gasteiger charge is 2.15. The first-order valence-electron chi connectivity index (χ1n) is 6.26. The quantitative estimate of drug-likeness (QED) is 0.852. The van der Waals surface area contributed by atoms with E-state index in [0.29, 0.717) is 18.7 Å². The second-order valence-electron chi connectivity index (χ2n) is 4.22. The van der Waals surface area contributed by atoms with E-state index < -0.39 is 0 Å². The molecule has 1 aromatic carbocycles. The van der Waals surface area contributed by atoms with Crippen molar-refractivity contribution in [2.24, 2.45) is 0 Å². The number of para-hydroxylation sites is 1. The predicted molar refractivity (Wildman–Crippen MR) is 76.8 cm³/mol. The van der Waals surface area contributed by atoms with Crippen molar-refractivity contribution < 1.29 is 4.79 Å². The van der Waals surface area contributed by atoms with Crippen LogP contribution in [-0.2, 0) is 11.2 Å². The van der Waals surface area contributed by atoms with E-state index in [-0.39, 0.29) is 5.91 Å². The van der Waals surface area contributed by atoms with Gasteiger partial charge in [-0.3, -0.25) is 9.78 Å². The van der Waals surface area contributed by atoms with E-state index in [1.165, 1.54) is 0 Å². The Balaban J connectivity index is 2.17. The van der Waals surface area contributed by atoms with Crippen molar-refractivity contribution in [1.82, 2.24) is 4.98 Å². The van der Waals surface area contributed by atoms with Crippen LogP contribution in [0.3, 0.4) is 0 Å². The molecule has 0 saturated carbocycles. The Labute approximate surface area is 112 Å². The number of hydrogen-bond acceptors (Lipinski definition) is 3. The summed E-state index contributed by atoms with van der Waals surface area (Å²) in [6.07, 6.45) is 3.67. The molecule has 2 aromatic rings. The lowest BCUT2D eigenvalue weighted by Crippen LogP contribution is -2.32. The highest BCUT2D eigenvalue weighted by Crippen LogP contribution is 2.16. The maximum Gasteiger partial charge on any atom is 0.231 e. The van der Waals surface area contributed by atoms with E-state index in [1.807, 2.05) is 43.3 Å². The largest absolute Gasteiger partial charge is 0.398 e. The minimum atomic E-state index is 0.0339. The molecule has 0 bridgehead atoms. The molecule has 0 unspecified atom stereocenters. The minimum absolute atomic E-state index is 0.0339. The lowest BCUT2D eigenvalue weighted by molar-refractivity contribution is -0.117. The summed E-state index contributed by atoms with van der Waals surface area (Å²) in [5.74, 6) is 0.0339. The first kappa shape index (κ1) is 13.1. The van der Waals surface area contributed by atoms with Crippen LogP contribution in [0, 0.1) is 0 Å². The smallest absolute Gasteiger partial charge is 0.231 e. The molecule has 1 heterocycles. The first-order chi connectivity index (χ1) is 9.22. The summed E-state index contributed by atoms with van der Waals surface area (Å²) >= 11 is 0. The van der Waals surface area contributed by atoms with Crippen LogP contribution in [0.5, 0.6) is 0 Å². The Morgan fingerprint density at radius 2 is 1.89 bits per heavy atom. The molecular formula is C15H17N3O. The summed E-state index contributed by atoms with van der Waals surface area (Å²) in [6, 6.07) is 11.1. The minimum Gasteiger partial charge on any atom is -0.398 e. The van der Waals surface area contributed by atoms with Crippen molar-refractivity contribution in [1.29, 1.82) is 0 Å². The molecular weight excluding hydrogens is 238 g/mol. The van der Waals surface area contributed by atoms with Gasteiger partial charge in [-0.2, -0.15) is 0 Å². The van der Waals surface area contributed by atoms with Gasteiger partial charge in [-0.15, -0.1) is 0 Å². The monoisotopic (exact) mass is 255 g/mol. The van der Waals surface area contributed by atoms with Gasteiger partial charge in [-0.25, -0.2) is 0 Å². The van der Waals surface area contributed by atoms with Gasteiger partial charge in [0.15, 0.2) is 0 Å². The van der Waals surface area contributed by atoms with Crippen LogP contribution in [0.25, 0.3) is 0 Å². The fraction of sp³-hybridized carbons (Fsp3) is 0.200. The Bertz CT molecular complexity index is 554. The highest BCUT2D eigenvalue weighted by molar-refractivity contribution is 5.95. The number of pyridine rings is 1. The van der Waals surface area contributed by atoms with Crippen LogP contribution in [0.15, 0.2) is 48.8 Å². The van der Waals surface area contributed by atoms with Gasteiger partial charge in [-0.05, 0) is 30.7 Å². The van der Waals surface area contributed by atoms with Crippen molar-refractivity contribution in [3.63, 3.8) is 0 Å². The molecule has 98 valence electrons. The van der Waals surface area contributed by atoms with Gasteiger partial charge in [-0.1, -0.05) is 18.2 Å². The number of likely N-dealkylation sites (N-methyl/N-ethyl adjacent to an activating group) is 1.